The van der Waals surface area contributed by atoms with Crippen LogP contribution in [0.2, 0.25) is 0 Å². The molecule has 0 aromatic heterocycles. The molecule has 0 fully saturated rings. The van der Waals surface area contributed by atoms with Crippen LogP contribution in [0.1, 0.15) is 36.1 Å². The number of sulfonamides is 1. The molecular weight excluding hydrogens is 638 g/mol. The van der Waals surface area contributed by atoms with Gasteiger partial charge in [-0.25, -0.2) is 8.42 Å². The zero-order valence-corrected chi connectivity index (χ0v) is 27.8. The zero-order valence-electron chi connectivity index (χ0n) is 25.4. The number of anilines is 1. The van der Waals surface area contributed by atoms with Crippen LogP contribution >= 0.6 is 15.9 Å². The van der Waals surface area contributed by atoms with E-state index in [1.807, 2.05) is 94.4 Å². The number of hydrogen-bond acceptors (Lipinski definition) is 4. The Bertz CT molecular complexity index is 1660. The number of rotatable bonds is 12. The van der Waals surface area contributed by atoms with Crippen molar-refractivity contribution in [2.24, 2.45) is 0 Å². The van der Waals surface area contributed by atoms with Crippen molar-refractivity contribution in [3.63, 3.8) is 0 Å². The van der Waals surface area contributed by atoms with Gasteiger partial charge in [-0.1, -0.05) is 93.8 Å². The number of hydrogen-bond donors (Lipinski definition) is 1. The molecule has 4 aromatic carbocycles. The van der Waals surface area contributed by atoms with Crippen molar-refractivity contribution in [3.8, 4) is 0 Å². The summed E-state index contributed by atoms with van der Waals surface area (Å²) in [4.78, 5) is 29.8. The van der Waals surface area contributed by atoms with Crippen LogP contribution in [0, 0.1) is 13.8 Å². The summed E-state index contributed by atoms with van der Waals surface area (Å²) in [5, 5.41) is 2.97. The van der Waals surface area contributed by atoms with Crippen molar-refractivity contribution < 1.29 is 18.0 Å². The maximum atomic E-state index is 14.4. The van der Waals surface area contributed by atoms with E-state index in [1.54, 1.807) is 36.4 Å². The highest BCUT2D eigenvalue weighted by molar-refractivity contribution is 9.10. The van der Waals surface area contributed by atoms with Crippen molar-refractivity contribution in [1.82, 2.24) is 10.2 Å². The maximum absolute atomic E-state index is 14.4. The molecule has 0 spiro atoms. The Morgan fingerprint density at radius 2 is 1.34 bits per heavy atom. The molecule has 1 atom stereocenters. The molecule has 0 aliphatic carbocycles. The molecule has 9 heteroatoms. The summed E-state index contributed by atoms with van der Waals surface area (Å²) in [5.41, 5.74) is 3.92. The second kappa shape index (κ2) is 14.7. The first kappa shape index (κ1) is 33.0. The summed E-state index contributed by atoms with van der Waals surface area (Å²) >= 11 is 3.46. The Hall–Kier alpha value is -3.95. The molecule has 0 saturated carbocycles. The summed E-state index contributed by atoms with van der Waals surface area (Å²) in [5.74, 6) is -0.804. The molecule has 7 nitrogen and oxygen atoms in total. The third-order valence-electron chi connectivity index (χ3n) is 7.18. The van der Waals surface area contributed by atoms with Crippen molar-refractivity contribution in [3.05, 3.63) is 130 Å². The van der Waals surface area contributed by atoms with Crippen molar-refractivity contribution in [2.45, 2.75) is 57.6 Å². The molecule has 0 aliphatic rings. The number of nitrogens with zero attached hydrogens (tertiary/aromatic N) is 2. The fraction of sp³-hybridized carbons (Fsp3) is 0.257. The van der Waals surface area contributed by atoms with Crippen LogP contribution in [0.15, 0.2) is 112 Å². The fourth-order valence-corrected chi connectivity index (χ4v) is 6.48. The summed E-state index contributed by atoms with van der Waals surface area (Å²) in [6.45, 7) is 7.15. The number of aryl methyl sites for hydroxylation is 2. The Labute approximate surface area is 269 Å². The summed E-state index contributed by atoms with van der Waals surface area (Å²) in [6.07, 6.45) is 0.261. The number of nitrogens with one attached hydrogen (secondary N) is 1. The lowest BCUT2D eigenvalue weighted by atomic mass is 10.0. The Kier molecular flexibility index (Phi) is 11.0. The SMILES string of the molecule is Cc1ccc(N(CC(=O)N(Cc2ccc(Br)cc2)C(Cc2ccccc2)C(=O)NC(C)C)S(=O)(=O)c2ccc(C)cc2)cc1. The molecule has 1 unspecified atom stereocenters. The van der Waals surface area contributed by atoms with Gasteiger partial charge in [-0.15, -0.1) is 0 Å². The van der Waals surface area contributed by atoms with Gasteiger partial charge in [-0.3, -0.25) is 13.9 Å². The van der Waals surface area contributed by atoms with Crippen LogP contribution in [-0.2, 0) is 32.6 Å². The van der Waals surface area contributed by atoms with Crippen molar-refractivity contribution in [1.29, 1.82) is 0 Å². The second-order valence-electron chi connectivity index (χ2n) is 11.2. The van der Waals surface area contributed by atoms with E-state index in [9.17, 15) is 18.0 Å². The second-order valence-corrected chi connectivity index (χ2v) is 14.0. The van der Waals surface area contributed by atoms with E-state index >= 15 is 0 Å². The Balaban J connectivity index is 1.79. The molecule has 4 rings (SSSR count). The lowest BCUT2D eigenvalue weighted by Crippen LogP contribution is -2.54. The largest absolute Gasteiger partial charge is 0.352 e. The van der Waals surface area contributed by atoms with Crippen molar-refractivity contribution in [2.75, 3.05) is 10.8 Å². The molecule has 0 heterocycles. The molecule has 230 valence electrons. The highest BCUT2D eigenvalue weighted by atomic mass is 79.9. The van der Waals surface area contributed by atoms with Gasteiger partial charge in [0, 0.05) is 23.5 Å². The van der Waals surface area contributed by atoms with Crippen molar-refractivity contribution >= 4 is 43.5 Å². The first-order valence-electron chi connectivity index (χ1n) is 14.5. The zero-order chi connectivity index (χ0) is 31.9. The van der Waals surface area contributed by atoms with E-state index in [4.69, 9.17) is 0 Å². The van der Waals surface area contributed by atoms with Crippen LogP contribution in [0.5, 0.6) is 0 Å². The van der Waals surface area contributed by atoms with Gasteiger partial charge in [-0.05, 0) is 75.2 Å². The molecule has 44 heavy (non-hydrogen) atoms. The van der Waals surface area contributed by atoms with Gasteiger partial charge in [0.05, 0.1) is 10.6 Å². The van der Waals surface area contributed by atoms with Crippen LogP contribution < -0.4 is 9.62 Å². The fourth-order valence-electron chi connectivity index (χ4n) is 4.80. The minimum atomic E-state index is -4.14. The molecule has 0 bridgehead atoms. The van der Waals surface area contributed by atoms with Crippen LogP contribution in [0.25, 0.3) is 0 Å². The third kappa shape index (κ3) is 8.57. The highest BCUT2D eigenvalue weighted by Gasteiger charge is 2.34. The summed E-state index contributed by atoms with van der Waals surface area (Å²) < 4.78 is 30.2. The number of carbonyl (C=O) groups excluding carboxylic acids is 2. The lowest BCUT2D eigenvalue weighted by Gasteiger charge is -2.34. The first-order valence-corrected chi connectivity index (χ1v) is 16.7. The number of carbonyl (C=O) groups is 2. The van der Waals surface area contributed by atoms with Gasteiger partial charge < -0.3 is 10.2 Å². The number of halogens is 1. The molecule has 2 amide bonds. The normalized spacial score (nSPS) is 12.0. The van der Waals surface area contributed by atoms with E-state index in [0.29, 0.717) is 5.69 Å². The number of benzene rings is 4. The van der Waals surface area contributed by atoms with Gasteiger partial charge >= 0.3 is 0 Å². The lowest BCUT2D eigenvalue weighted by molar-refractivity contribution is -0.140. The maximum Gasteiger partial charge on any atom is 0.264 e. The minimum Gasteiger partial charge on any atom is -0.352 e. The van der Waals surface area contributed by atoms with E-state index in [2.05, 4.69) is 21.2 Å². The van der Waals surface area contributed by atoms with E-state index in [-0.39, 0.29) is 29.8 Å². The van der Waals surface area contributed by atoms with Gasteiger partial charge in [0.25, 0.3) is 10.0 Å². The van der Waals surface area contributed by atoms with Crippen LogP contribution in [0.4, 0.5) is 5.69 Å². The standard InChI is InChI=1S/C35H38BrN3O4S/c1-25(2)37-35(41)33(22-28-8-6-5-7-9-28)38(23-29-14-16-30(36)17-15-29)34(40)24-39(31-18-10-26(3)11-19-31)44(42,43)32-20-12-27(4)13-21-32/h5-21,25,33H,22-24H2,1-4H3,(H,37,41). The van der Waals surface area contributed by atoms with Crippen LogP contribution in [-0.4, -0.2) is 43.8 Å². The topological polar surface area (TPSA) is 86.8 Å². The average molecular weight is 677 g/mol. The molecule has 0 aliphatic heterocycles. The summed E-state index contributed by atoms with van der Waals surface area (Å²) in [7, 11) is -4.14. The number of amides is 2. The quantitative estimate of drug-likeness (QED) is 0.188. The molecule has 0 saturated heterocycles. The first-order chi connectivity index (χ1) is 20.9. The molecule has 1 N–H and O–H groups in total. The van der Waals surface area contributed by atoms with E-state index < -0.39 is 28.5 Å². The van der Waals surface area contributed by atoms with E-state index in [0.717, 1.165) is 31.0 Å². The predicted molar refractivity (Wildman–Crippen MR) is 179 cm³/mol. The van der Waals surface area contributed by atoms with Gasteiger partial charge in [0.1, 0.15) is 12.6 Å². The monoisotopic (exact) mass is 675 g/mol. The Morgan fingerprint density at radius 1 is 0.773 bits per heavy atom. The van der Waals surface area contributed by atoms with Gasteiger partial charge in [0.2, 0.25) is 11.8 Å². The third-order valence-corrected chi connectivity index (χ3v) is 9.49. The molecule has 0 radical (unpaired) electrons. The average Bonchev–Trinajstić information content (AvgIpc) is 2.99. The molecular formula is C35H38BrN3O4S. The predicted octanol–water partition coefficient (Wildman–Crippen LogP) is 6.43. The molecule has 4 aromatic rings. The van der Waals surface area contributed by atoms with Crippen LogP contribution in [0.3, 0.4) is 0 Å². The van der Waals surface area contributed by atoms with E-state index in [1.165, 1.54) is 4.90 Å². The Morgan fingerprint density at radius 3 is 1.91 bits per heavy atom. The highest BCUT2D eigenvalue weighted by Crippen LogP contribution is 2.26. The smallest absolute Gasteiger partial charge is 0.264 e. The van der Waals surface area contributed by atoms with Gasteiger partial charge in [-0.2, -0.15) is 0 Å². The minimum absolute atomic E-state index is 0.0781. The summed E-state index contributed by atoms with van der Waals surface area (Å²) in [6, 6.07) is 29.5. The van der Waals surface area contributed by atoms with Gasteiger partial charge in [0.15, 0.2) is 0 Å².